The number of hydrogen-bond acceptors (Lipinski definition) is 3. The van der Waals surface area contributed by atoms with Crippen LogP contribution in [0.15, 0.2) is 0 Å². The molecule has 2 unspecified atom stereocenters. The maximum atomic E-state index is 5.96. The van der Waals surface area contributed by atoms with Gasteiger partial charge in [-0.3, -0.25) is 0 Å². The van der Waals surface area contributed by atoms with Crippen LogP contribution >= 0.6 is 0 Å². The Morgan fingerprint density at radius 2 is 2.00 bits per heavy atom. The summed E-state index contributed by atoms with van der Waals surface area (Å²) in [6.07, 6.45) is 8.70. The van der Waals surface area contributed by atoms with E-state index in [4.69, 9.17) is 9.47 Å². The van der Waals surface area contributed by atoms with Crippen LogP contribution in [0, 0.1) is 0 Å². The van der Waals surface area contributed by atoms with Crippen LogP contribution < -0.4 is 5.32 Å². The Bertz CT molecular complexity index is 269. The summed E-state index contributed by atoms with van der Waals surface area (Å²) >= 11 is 0. The molecule has 3 rings (SSSR count). The van der Waals surface area contributed by atoms with E-state index in [-0.39, 0.29) is 11.2 Å². The van der Waals surface area contributed by atoms with Crippen molar-refractivity contribution in [3.05, 3.63) is 0 Å². The summed E-state index contributed by atoms with van der Waals surface area (Å²) in [6, 6.07) is 0.644. The van der Waals surface area contributed by atoms with E-state index < -0.39 is 0 Å². The lowest BCUT2D eigenvalue weighted by Gasteiger charge is -2.47. The van der Waals surface area contributed by atoms with Crippen molar-refractivity contribution in [2.45, 2.75) is 69.1 Å². The maximum absolute atomic E-state index is 5.96. The predicted molar refractivity (Wildman–Crippen MR) is 67.1 cm³/mol. The average Bonchev–Trinajstić information content (AvgIpc) is 2.73. The van der Waals surface area contributed by atoms with Crippen LogP contribution in [0.4, 0.5) is 0 Å². The van der Waals surface area contributed by atoms with Gasteiger partial charge in [0.2, 0.25) is 0 Å². The fraction of sp³-hybridized carbons (Fsp3) is 1.00. The molecular weight excluding hydrogens is 214 g/mol. The lowest BCUT2D eigenvalue weighted by molar-refractivity contribution is -0.136. The van der Waals surface area contributed by atoms with Gasteiger partial charge >= 0.3 is 0 Å². The van der Waals surface area contributed by atoms with E-state index >= 15 is 0 Å². The van der Waals surface area contributed by atoms with Crippen LogP contribution in [-0.2, 0) is 9.47 Å². The lowest BCUT2D eigenvalue weighted by atomic mass is 9.74. The van der Waals surface area contributed by atoms with Crippen molar-refractivity contribution in [3.63, 3.8) is 0 Å². The Balaban J connectivity index is 1.48. The minimum atomic E-state index is 0.0884. The minimum Gasteiger partial charge on any atom is -0.375 e. The summed E-state index contributed by atoms with van der Waals surface area (Å²) in [6.45, 7) is 5.13. The van der Waals surface area contributed by atoms with Gasteiger partial charge in [-0.1, -0.05) is 0 Å². The fourth-order valence-corrected chi connectivity index (χ4v) is 3.46. The van der Waals surface area contributed by atoms with Crippen molar-refractivity contribution < 1.29 is 9.47 Å². The summed E-state index contributed by atoms with van der Waals surface area (Å²) in [7, 11) is 0. The topological polar surface area (TPSA) is 30.5 Å². The van der Waals surface area contributed by atoms with Gasteiger partial charge in [-0.15, -0.1) is 0 Å². The summed E-state index contributed by atoms with van der Waals surface area (Å²) in [5.41, 5.74) is 0.346. The summed E-state index contributed by atoms with van der Waals surface area (Å²) in [5.74, 6) is 0. The first kappa shape index (κ1) is 11.9. The molecule has 2 saturated heterocycles. The van der Waals surface area contributed by atoms with Gasteiger partial charge in [0.05, 0.1) is 11.2 Å². The Labute approximate surface area is 104 Å². The molecule has 0 radical (unpaired) electrons. The quantitative estimate of drug-likeness (QED) is 0.819. The molecule has 98 valence electrons. The molecular formula is C14H25NO2. The van der Waals surface area contributed by atoms with E-state index in [0.717, 1.165) is 26.2 Å². The van der Waals surface area contributed by atoms with Crippen molar-refractivity contribution in [2.75, 3.05) is 19.8 Å². The SMILES string of the molecule is CC1(CNC2CCOC3(CCC3)C2)CCCO1. The first-order valence-electron chi connectivity index (χ1n) is 7.21. The van der Waals surface area contributed by atoms with Crippen LogP contribution in [0.25, 0.3) is 0 Å². The highest BCUT2D eigenvalue weighted by atomic mass is 16.5. The van der Waals surface area contributed by atoms with Gasteiger partial charge in [-0.25, -0.2) is 0 Å². The molecule has 3 nitrogen and oxygen atoms in total. The highest BCUT2D eigenvalue weighted by Gasteiger charge is 2.42. The van der Waals surface area contributed by atoms with Gasteiger partial charge in [0.25, 0.3) is 0 Å². The average molecular weight is 239 g/mol. The van der Waals surface area contributed by atoms with Gasteiger partial charge in [-0.05, 0) is 51.9 Å². The van der Waals surface area contributed by atoms with Gasteiger partial charge in [-0.2, -0.15) is 0 Å². The molecule has 0 aromatic heterocycles. The highest BCUT2D eigenvalue weighted by Crippen LogP contribution is 2.42. The normalized spacial score (nSPS) is 40.4. The fourth-order valence-electron chi connectivity index (χ4n) is 3.46. The zero-order valence-corrected chi connectivity index (χ0v) is 11.0. The molecule has 0 aromatic carbocycles. The van der Waals surface area contributed by atoms with Crippen molar-refractivity contribution in [2.24, 2.45) is 0 Å². The summed E-state index contributed by atoms with van der Waals surface area (Å²) in [4.78, 5) is 0. The van der Waals surface area contributed by atoms with Crippen LogP contribution in [0.1, 0.15) is 51.9 Å². The van der Waals surface area contributed by atoms with E-state index in [0.29, 0.717) is 6.04 Å². The summed E-state index contributed by atoms with van der Waals surface area (Å²) < 4.78 is 11.8. The molecule has 3 aliphatic rings. The molecule has 1 spiro atoms. The van der Waals surface area contributed by atoms with Crippen LogP contribution in [0.3, 0.4) is 0 Å². The second-order valence-corrected chi connectivity index (χ2v) is 6.36. The molecule has 1 aliphatic carbocycles. The van der Waals surface area contributed by atoms with Crippen LogP contribution in [-0.4, -0.2) is 37.0 Å². The Hall–Kier alpha value is -0.120. The van der Waals surface area contributed by atoms with Gasteiger partial charge in [0.15, 0.2) is 0 Å². The number of ether oxygens (including phenoxy) is 2. The monoisotopic (exact) mass is 239 g/mol. The van der Waals surface area contributed by atoms with Gasteiger partial charge in [0.1, 0.15) is 0 Å². The predicted octanol–water partition coefficient (Wildman–Crippen LogP) is 2.25. The molecule has 0 aromatic rings. The standard InChI is InChI=1S/C14H25NO2/c1-13(5-3-8-16-13)11-15-12-4-9-17-14(10-12)6-2-7-14/h12,15H,2-11H2,1H3. The van der Waals surface area contributed by atoms with Crippen LogP contribution in [0.2, 0.25) is 0 Å². The maximum Gasteiger partial charge on any atom is 0.0779 e. The Morgan fingerprint density at radius 1 is 1.12 bits per heavy atom. The molecule has 0 bridgehead atoms. The smallest absolute Gasteiger partial charge is 0.0779 e. The van der Waals surface area contributed by atoms with E-state index in [1.807, 2.05) is 0 Å². The number of hydrogen-bond donors (Lipinski definition) is 1. The third kappa shape index (κ3) is 2.51. The van der Waals surface area contributed by atoms with E-state index in [9.17, 15) is 0 Å². The van der Waals surface area contributed by atoms with E-state index in [1.165, 1.54) is 38.5 Å². The number of nitrogens with one attached hydrogen (secondary N) is 1. The zero-order chi connectivity index (χ0) is 11.8. The molecule has 3 fully saturated rings. The molecule has 17 heavy (non-hydrogen) atoms. The largest absolute Gasteiger partial charge is 0.375 e. The minimum absolute atomic E-state index is 0.0884. The van der Waals surface area contributed by atoms with Gasteiger partial charge < -0.3 is 14.8 Å². The second-order valence-electron chi connectivity index (χ2n) is 6.36. The van der Waals surface area contributed by atoms with Crippen molar-refractivity contribution in [3.8, 4) is 0 Å². The molecule has 2 heterocycles. The van der Waals surface area contributed by atoms with Crippen molar-refractivity contribution >= 4 is 0 Å². The molecule has 1 saturated carbocycles. The van der Waals surface area contributed by atoms with Crippen molar-refractivity contribution in [1.29, 1.82) is 0 Å². The molecule has 1 N–H and O–H groups in total. The zero-order valence-electron chi connectivity index (χ0n) is 11.0. The second kappa shape index (κ2) is 4.52. The van der Waals surface area contributed by atoms with E-state index in [2.05, 4.69) is 12.2 Å². The summed E-state index contributed by atoms with van der Waals surface area (Å²) in [5, 5.41) is 3.72. The van der Waals surface area contributed by atoms with Crippen LogP contribution in [0.5, 0.6) is 0 Å². The highest BCUT2D eigenvalue weighted by molar-refractivity contribution is 4.96. The third-order valence-electron chi connectivity index (χ3n) is 4.82. The Morgan fingerprint density at radius 3 is 2.65 bits per heavy atom. The first-order chi connectivity index (χ1) is 8.20. The Kier molecular flexibility index (Phi) is 3.18. The van der Waals surface area contributed by atoms with E-state index in [1.54, 1.807) is 0 Å². The third-order valence-corrected chi connectivity index (χ3v) is 4.82. The first-order valence-corrected chi connectivity index (χ1v) is 7.21. The van der Waals surface area contributed by atoms with Crippen molar-refractivity contribution in [1.82, 2.24) is 5.32 Å². The molecule has 3 heteroatoms. The lowest BCUT2D eigenvalue weighted by Crippen LogP contribution is -2.53. The molecule has 2 atom stereocenters. The van der Waals surface area contributed by atoms with Gasteiger partial charge in [0, 0.05) is 25.8 Å². The number of rotatable bonds is 3. The molecule has 2 aliphatic heterocycles. The molecule has 0 amide bonds.